The molecule has 0 aromatic carbocycles. The molecule has 0 radical (unpaired) electrons. The minimum Gasteiger partial charge on any atom is -0.492 e. The Morgan fingerprint density at radius 3 is 2.78 bits per heavy atom. The maximum absolute atomic E-state index is 10.6. The van der Waals surface area contributed by atoms with E-state index in [9.17, 15) is 4.79 Å². The van der Waals surface area contributed by atoms with Gasteiger partial charge in [0.2, 0.25) is 0 Å². The molecule has 0 unspecified atom stereocenters. The van der Waals surface area contributed by atoms with E-state index in [2.05, 4.69) is 9.88 Å². The van der Waals surface area contributed by atoms with Crippen LogP contribution in [0.5, 0.6) is 5.75 Å². The Hall–Kier alpha value is -1.62. The summed E-state index contributed by atoms with van der Waals surface area (Å²) < 4.78 is 5.52. The number of aromatic carboxylic acids is 1. The molecule has 18 heavy (non-hydrogen) atoms. The van der Waals surface area contributed by atoms with Crippen molar-refractivity contribution in [3.05, 3.63) is 24.0 Å². The first-order chi connectivity index (χ1) is 8.75. The largest absolute Gasteiger partial charge is 0.492 e. The van der Waals surface area contributed by atoms with Crippen molar-refractivity contribution in [2.45, 2.75) is 19.3 Å². The van der Waals surface area contributed by atoms with Gasteiger partial charge in [0.05, 0.1) is 12.8 Å². The van der Waals surface area contributed by atoms with Crippen LogP contribution in [-0.2, 0) is 0 Å². The van der Waals surface area contributed by atoms with Gasteiger partial charge in [-0.2, -0.15) is 0 Å². The highest BCUT2D eigenvalue weighted by Crippen LogP contribution is 2.11. The van der Waals surface area contributed by atoms with Crippen LogP contribution in [0.3, 0.4) is 0 Å². The normalized spacial score (nSPS) is 15.8. The maximum Gasteiger partial charge on any atom is 0.354 e. The number of rotatable bonds is 6. The molecule has 0 atom stereocenters. The summed E-state index contributed by atoms with van der Waals surface area (Å²) in [5.41, 5.74) is 0.0411. The summed E-state index contributed by atoms with van der Waals surface area (Å²) in [7, 11) is 0. The molecule has 1 saturated heterocycles. The smallest absolute Gasteiger partial charge is 0.354 e. The molecule has 5 heteroatoms. The molecule has 1 fully saturated rings. The molecule has 0 spiro atoms. The Labute approximate surface area is 106 Å². The number of pyridine rings is 1. The van der Waals surface area contributed by atoms with Crippen LogP contribution >= 0.6 is 0 Å². The summed E-state index contributed by atoms with van der Waals surface area (Å²) in [6.07, 6.45) is 5.06. The zero-order chi connectivity index (χ0) is 12.8. The van der Waals surface area contributed by atoms with E-state index in [1.807, 2.05) is 0 Å². The molecule has 5 nitrogen and oxygen atoms in total. The Balaban J connectivity index is 1.68. The lowest BCUT2D eigenvalue weighted by molar-refractivity contribution is 0.0690. The van der Waals surface area contributed by atoms with Crippen LogP contribution in [0.1, 0.15) is 29.8 Å². The molecular formula is C13H18N2O3. The summed E-state index contributed by atoms with van der Waals surface area (Å²) in [6.45, 7) is 4.12. The number of nitrogens with zero attached hydrogens (tertiary/aromatic N) is 2. The first kappa shape index (κ1) is 12.8. The van der Waals surface area contributed by atoms with Gasteiger partial charge < -0.3 is 14.7 Å². The molecule has 0 bridgehead atoms. The fourth-order valence-corrected chi connectivity index (χ4v) is 2.08. The third-order valence-electron chi connectivity index (χ3n) is 3.04. The summed E-state index contributed by atoms with van der Waals surface area (Å²) in [4.78, 5) is 16.8. The van der Waals surface area contributed by atoms with E-state index in [1.54, 1.807) is 6.07 Å². The molecule has 1 aromatic rings. The Kier molecular flexibility index (Phi) is 4.52. The summed E-state index contributed by atoms with van der Waals surface area (Å²) in [5, 5.41) is 8.70. The van der Waals surface area contributed by atoms with E-state index < -0.39 is 5.97 Å². The van der Waals surface area contributed by atoms with Gasteiger partial charge in [0, 0.05) is 6.54 Å². The van der Waals surface area contributed by atoms with Crippen LogP contribution in [0.15, 0.2) is 18.3 Å². The van der Waals surface area contributed by atoms with Crippen molar-refractivity contribution in [1.82, 2.24) is 9.88 Å². The highest BCUT2D eigenvalue weighted by Gasteiger charge is 2.10. The summed E-state index contributed by atoms with van der Waals surface area (Å²) in [6, 6.07) is 3.10. The first-order valence-electron chi connectivity index (χ1n) is 6.30. The molecule has 1 aromatic heterocycles. The molecule has 0 aliphatic carbocycles. The minimum atomic E-state index is -1.02. The number of hydrogen-bond acceptors (Lipinski definition) is 4. The lowest BCUT2D eigenvalue weighted by atomic mass is 10.3. The Bertz CT molecular complexity index is 386. The predicted octanol–water partition coefficient (Wildman–Crippen LogP) is 1.64. The zero-order valence-corrected chi connectivity index (χ0v) is 10.3. The summed E-state index contributed by atoms with van der Waals surface area (Å²) in [5.74, 6) is -0.392. The van der Waals surface area contributed by atoms with Crippen LogP contribution in [0.4, 0.5) is 0 Å². The van der Waals surface area contributed by atoms with E-state index in [0.29, 0.717) is 12.4 Å². The molecule has 2 rings (SSSR count). The van der Waals surface area contributed by atoms with Crippen LogP contribution in [0.2, 0.25) is 0 Å². The first-order valence-corrected chi connectivity index (χ1v) is 6.30. The molecular weight excluding hydrogens is 232 g/mol. The molecule has 2 heterocycles. The lowest BCUT2D eigenvalue weighted by Crippen LogP contribution is -2.21. The van der Waals surface area contributed by atoms with E-state index in [-0.39, 0.29) is 5.69 Å². The molecule has 0 amide bonds. The SMILES string of the molecule is O=C(O)c1ccc(OCCCN2CCCC2)cn1. The van der Waals surface area contributed by atoms with Gasteiger partial charge >= 0.3 is 5.97 Å². The molecule has 0 saturated carbocycles. The van der Waals surface area contributed by atoms with Crippen LogP contribution in [0, 0.1) is 0 Å². The van der Waals surface area contributed by atoms with Crippen molar-refractivity contribution in [3.63, 3.8) is 0 Å². The predicted molar refractivity (Wildman–Crippen MR) is 67.0 cm³/mol. The second-order valence-corrected chi connectivity index (χ2v) is 4.44. The fraction of sp³-hybridized carbons (Fsp3) is 0.538. The van der Waals surface area contributed by atoms with Crippen molar-refractivity contribution in [2.24, 2.45) is 0 Å². The Morgan fingerprint density at radius 2 is 2.17 bits per heavy atom. The minimum absolute atomic E-state index is 0.0411. The second kappa shape index (κ2) is 6.35. The number of ether oxygens (including phenoxy) is 1. The van der Waals surface area contributed by atoms with Crippen LogP contribution in [0.25, 0.3) is 0 Å². The van der Waals surface area contributed by atoms with Crippen LogP contribution in [-0.4, -0.2) is 47.2 Å². The van der Waals surface area contributed by atoms with Crippen molar-refractivity contribution < 1.29 is 14.6 Å². The van der Waals surface area contributed by atoms with Gasteiger partial charge in [-0.05, 0) is 44.5 Å². The summed E-state index contributed by atoms with van der Waals surface area (Å²) >= 11 is 0. The van der Waals surface area contributed by atoms with Crippen molar-refractivity contribution in [3.8, 4) is 5.75 Å². The van der Waals surface area contributed by atoms with Gasteiger partial charge in [-0.15, -0.1) is 0 Å². The lowest BCUT2D eigenvalue weighted by Gasteiger charge is -2.14. The number of carbonyl (C=O) groups is 1. The number of likely N-dealkylation sites (tertiary alicyclic amines) is 1. The monoisotopic (exact) mass is 250 g/mol. The second-order valence-electron chi connectivity index (χ2n) is 4.44. The molecule has 1 aliphatic rings. The highest BCUT2D eigenvalue weighted by molar-refractivity contribution is 5.85. The van der Waals surface area contributed by atoms with E-state index in [1.165, 1.54) is 38.2 Å². The van der Waals surface area contributed by atoms with Crippen molar-refractivity contribution in [1.29, 1.82) is 0 Å². The third kappa shape index (κ3) is 3.70. The van der Waals surface area contributed by atoms with Gasteiger partial charge in [-0.1, -0.05) is 0 Å². The van der Waals surface area contributed by atoms with Gasteiger partial charge in [0.25, 0.3) is 0 Å². The van der Waals surface area contributed by atoms with E-state index >= 15 is 0 Å². The van der Waals surface area contributed by atoms with Crippen LogP contribution < -0.4 is 4.74 Å². The quantitative estimate of drug-likeness (QED) is 0.778. The number of carboxylic acids is 1. The van der Waals surface area contributed by atoms with Crippen molar-refractivity contribution in [2.75, 3.05) is 26.2 Å². The average molecular weight is 250 g/mol. The number of hydrogen-bond donors (Lipinski definition) is 1. The maximum atomic E-state index is 10.6. The van der Waals surface area contributed by atoms with E-state index in [0.717, 1.165) is 13.0 Å². The highest BCUT2D eigenvalue weighted by atomic mass is 16.5. The van der Waals surface area contributed by atoms with Gasteiger partial charge in [0.1, 0.15) is 11.4 Å². The van der Waals surface area contributed by atoms with Crippen molar-refractivity contribution >= 4 is 5.97 Å². The Morgan fingerprint density at radius 1 is 1.39 bits per heavy atom. The molecule has 1 aliphatic heterocycles. The standard InChI is InChI=1S/C13H18N2O3/c16-13(17)12-5-4-11(10-14-12)18-9-3-8-15-6-1-2-7-15/h4-5,10H,1-3,6-9H2,(H,16,17). The van der Waals surface area contributed by atoms with Gasteiger partial charge in [-0.3, -0.25) is 0 Å². The number of carboxylic acid groups (broad SMARTS) is 1. The molecule has 1 N–H and O–H groups in total. The average Bonchev–Trinajstić information content (AvgIpc) is 2.88. The fourth-order valence-electron chi connectivity index (χ4n) is 2.08. The number of aromatic nitrogens is 1. The van der Waals surface area contributed by atoms with E-state index in [4.69, 9.17) is 9.84 Å². The van der Waals surface area contributed by atoms with Gasteiger partial charge in [0.15, 0.2) is 0 Å². The zero-order valence-electron chi connectivity index (χ0n) is 10.3. The molecule has 98 valence electrons. The third-order valence-corrected chi connectivity index (χ3v) is 3.04. The van der Waals surface area contributed by atoms with Gasteiger partial charge in [-0.25, -0.2) is 9.78 Å². The topological polar surface area (TPSA) is 62.7 Å².